The van der Waals surface area contributed by atoms with E-state index in [9.17, 15) is 26.7 Å². The van der Waals surface area contributed by atoms with E-state index in [4.69, 9.17) is 0 Å². The number of pyridine rings is 1. The molecule has 0 spiro atoms. The zero-order chi connectivity index (χ0) is 26.2. The first-order chi connectivity index (χ1) is 17.6. The number of hydrogen-bond acceptors (Lipinski definition) is 5. The molecular weight excluding hydrogens is 495 g/mol. The number of amides is 1. The Balaban J connectivity index is 1.36. The van der Waals surface area contributed by atoms with Gasteiger partial charge in [0, 0.05) is 38.0 Å². The van der Waals surface area contributed by atoms with Crippen LogP contribution in [0.2, 0.25) is 0 Å². The summed E-state index contributed by atoms with van der Waals surface area (Å²) in [6, 6.07) is 13.0. The molecule has 4 aromatic rings. The molecule has 1 aliphatic rings. The second kappa shape index (κ2) is 9.51. The minimum atomic E-state index is -4.58. The number of benzene rings is 1. The highest BCUT2D eigenvalue weighted by Crippen LogP contribution is 2.36. The summed E-state index contributed by atoms with van der Waals surface area (Å²) < 4.78 is 68.5. The lowest BCUT2D eigenvalue weighted by Crippen LogP contribution is -2.39. The van der Waals surface area contributed by atoms with Crippen molar-refractivity contribution in [2.75, 3.05) is 18.4 Å². The smallest absolute Gasteiger partial charge is 0.305 e. The van der Waals surface area contributed by atoms with Gasteiger partial charge in [-0.15, -0.1) is 0 Å². The molecular formula is C25H21F5N6O. The monoisotopic (exact) mass is 516 g/mol. The predicted octanol–water partition coefficient (Wildman–Crippen LogP) is 5.29. The van der Waals surface area contributed by atoms with Crippen LogP contribution in [0.4, 0.5) is 27.8 Å². The highest BCUT2D eigenvalue weighted by molar-refractivity contribution is 6.02. The number of halogens is 5. The third-order valence-corrected chi connectivity index (χ3v) is 6.12. The molecule has 0 aliphatic carbocycles. The number of carbonyl (C=O) groups excluding carboxylic acids is 1. The lowest BCUT2D eigenvalue weighted by Gasteiger charge is -2.31. The van der Waals surface area contributed by atoms with E-state index in [1.807, 2.05) is 4.90 Å². The van der Waals surface area contributed by atoms with E-state index in [2.05, 4.69) is 20.4 Å². The Morgan fingerprint density at radius 2 is 1.76 bits per heavy atom. The fourth-order valence-corrected chi connectivity index (χ4v) is 4.21. The van der Waals surface area contributed by atoms with Crippen LogP contribution in [0.3, 0.4) is 0 Å². The second-order valence-corrected chi connectivity index (χ2v) is 8.78. The van der Waals surface area contributed by atoms with Gasteiger partial charge in [0.2, 0.25) is 0 Å². The summed E-state index contributed by atoms with van der Waals surface area (Å²) >= 11 is 0. The van der Waals surface area contributed by atoms with Crippen LogP contribution in [0.1, 0.15) is 34.6 Å². The van der Waals surface area contributed by atoms with Gasteiger partial charge in [-0.25, -0.2) is 23.3 Å². The molecule has 1 fully saturated rings. The van der Waals surface area contributed by atoms with Crippen molar-refractivity contribution >= 4 is 17.4 Å². The largest absolute Gasteiger partial charge is 0.417 e. The Hall–Kier alpha value is -3.93. The summed E-state index contributed by atoms with van der Waals surface area (Å²) in [7, 11) is 0. The van der Waals surface area contributed by atoms with Crippen molar-refractivity contribution in [3.05, 3.63) is 77.7 Å². The molecule has 192 valence electrons. The molecule has 12 heteroatoms. The Bertz CT molecular complexity index is 1440. The van der Waals surface area contributed by atoms with Gasteiger partial charge < -0.3 is 5.32 Å². The highest BCUT2D eigenvalue weighted by atomic mass is 19.4. The van der Waals surface area contributed by atoms with E-state index in [1.54, 1.807) is 18.2 Å². The molecule has 1 aliphatic heterocycles. The first-order valence-corrected chi connectivity index (χ1v) is 11.5. The SMILES string of the molecule is O=C(Nc1cccc(CN2CCC(F)(F)CC2)n1)c1cnc2ccc(-c3ccccc3C(F)(F)F)nn12. The van der Waals surface area contributed by atoms with E-state index in [-0.39, 0.29) is 54.3 Å². The third kappa shape index (κ3) is 5.43. The van der Waals surface area contributed by atoms with Crippen LogP contribution in [0.15, 0.2) is 60.8 Å². The quantitative estimate of drug-likeness (QED) is 0.365. The van der Waals surface area contributed by atoms with Crippen molar-refractivity contribution in [2.24, 2.45) is 0 Å². The number of rotatable bonds is 5. The zero-order valence-electron chi connectivity index (χ0n) is 19.3. The molecule has 5 rings (SSSR count). The third-order valence-electron chi connectivity index (χ3n) is 6.12. The van der Waals surface area contributed by atoms with Crippen molar-refractivity contribution in [1.29, 1.82) is 0 Å². The van der Waals surface area contributed by atoms with Gasteiger partial charge in [-0.2, -0.15) is 18.3 Å². The van der Waals surface area contributed by atoms with Gasteiger partial charge in [0.1, 0.15) is 5.82 Å². The number of anilines is 1. The highest BCUT2D eigenvalue weighted by Gasteiger charge is 2.34. The van der Waals surface area contributed by atoms with Gasteiger partial charge in [0.15, 0.2) is 11.3 Å². The average Bonchev–Trinajstić information content (AvgIpc) is 3.29. The predicted molar refractivity (Wildman–Crippen MR) is 125 cm³/mol. The molecule has 1 saturated heterocycles. The van der Waals surface area contributed by atoms with Crippen molar-refractivity contribution in [3.8, 4) is 11.3 Å². The molecule has 4 heterocycles. The number of carbonyl (C=O) groups is 1. The van der Waals surface area contributed by atoms with E-state index < -0.39 is 23.6 Å². The molecule has 0 radical (unpaired) electrons. The fraction of sp³-hybridized carbons (Fsp3) is 0.280. The molecule has 0 saturated carbocycles. The van der Waals surface area contributed by atoms with Crippen LogP contribution >= 0.6 is 0 Å². The fourth-order valence-electron chi connectivity index (χ4n) is 4.21. The van der Waals surface area contributed by atoms with Gasteiger partial charge in [-0.1, -0.05) is 24.3 Å². The zero-order valence-corrected chi connectivity index (χ0v) is 19.3. The summed E-state index contributed by atoms with van der Waals surface area (Å²) in [6.07, 6.45) is -3.72. The van der Waals surface area contributed by atoms with Crippen LogP contribution in [0, 0.1) is 0 Å². The van der Waals surface area contributed by atoms with Gasteiger partial charge in [-0.3, -0.25) is 9.69 Å². The number of alkyl halides is 5. The summed E-state index contributed by atoms with van der Waals surface area (Å²) in [5.41, 5.74) is -0.0490. The van der Waals surface area contributed by atoms with Crippen molar-refractivity contribution < 1.29 is 26.7 Å². The summed E-state index contributed by atoms with van der Waals surface area (Å²) in [4.78, 5) is 23.4. The topological polar surface area (TPSA) is 75.4 Å². The Labute approximate surface area is 208 Å². The maximum Gasteiger partial charge on any atom is 0.417 e. The van der Waals surface area contributed by atoms with E-state index in [0.717, 1.165) is 6.07 Å². The van der Waals surface area contributed by atoms with Crippen LogP contribution in [-0.2, 0) is 12.7 Å². The number of aromatic nitrogens is 4. The molecule has 1 N–H and O–H groups in total. The average molecular weight is 516 g/mol. The molecule has 37 heavy (non-hydrogen) atoms. The van der Waals surface area contributed by atoms with Gasteiger partial charge in [0.05, 0.1) is 23.1 Å². The van der Waals surface area contributed by atoms with E-state index in [1.165, 1.54) is 41.0 Å². The van der Waals surface area contributed by atoms with Crippen molar-refractivity contribution in [3.63, 3.8) is 0 Å². The number of piperidine rings is 1. The van der Waals surface area contributed by atoms with Crippen molar-refractivity contribution in [1.82, 2.24) is 24.5 Å². The Kier molecular flexibility index (Phi) is 6.36. The number of imidazole rings is 1. The minimum Gasteiger partial charge on any atom is -0.305 e. The van der Waals surface area contributed by atoms with E-state index in [0.29, 0.717) is 12.2 Å². The van der Waals surface area contributed by atoms with E-state index >= 15 is 0 Å². The molecule has 0 bridgehead atoms. The molecule has 3 aromatic heterocycles. The van der Waals surface area contributed by atoms with Gasteiger partial charge >= 0.3 is 6.18 Å². The standard InChI is InChI=1S/C25H21F5N6O/c26-24(27)10-12-35(13-11-24)15-16-4-3-7-21(32-16)33-23(37)20-14-31-22-9-8-19(34-36(20)22)17-5-1-2-6-18(17)25(28,29)30/h1-9,14H,10-13,15H2,(H,32,33,37). The normalized spacial score (nSPS) is 16.1. The van der Waals surface area contributed by atoms with Crippen LogP contribution in [0.5, 0.6) is 0 Å². The molecule has 0 unspecified atom stereocenters. The first-order valence-electron chi connectivity index (χ1n) is 11.5. The minimum absolute atomic E-state index is 0.00630. The number of likely N-dealkylation sites (tertiary alicyclic amines) is 1. The van der Waals surface area contributed by atoms with Crippen LogP contribution in [0.25, 0.3) is 16.9 Å². The summed E-state index contributed by atoms with van der Waals surface area (Å²) in [5, 5.41) is 6.91. The Morgan fingerprint density at radius 1 is 1.00 bits per heavy atom. The lowest BCUT2D eigenvalue weighted by molar-refractivity contribution is -0.137. The number of hydrogen-bond donors (Lipinski definition) is 1. The molecule has 1 amide bonds. The first kappa shape index (κ1) is 24.8. The molecule has 7 nitrogen and oxygen atoms in total. The van der Waals surface area contributed by atoms with Gasteiger partial charge in [-0.05, 0) is 30.3 Å². The molecule has 0 atom stereocenters. The maximum absolute atomic E-state index is 13.5. The Morgan fingerprint density at radius 3 is 2.51 bits per heavy atom. The van der Waals surface area contributed by atoms with Crippen LogP contribution in [-0.4, -0.2) is 49.4 Å². The summed E-state index contributed by atoms with van der Waals surface area (Å²) in [5.74, 6) is -3.02. The summed E-state index contributed by atoms with van der Waals surface area (Å²) in [6.45, 7) is 0.857. The molecule has 1 aromatic carbocycles. The van der Waals surface area contributed by atoms with Crippen molar-refractivity contribution in [2.45, 2.75) is 31.5 Å². The number of fused-ring (bicyclic) bond motifs is 1. The number of nitrogens with one attached hydrogen (secondary N) is 1. The lowest BCUT2D eigenvalue weighted by atomic mass is 10.0. The van der Waals surface area contributed by atoms with Crippen LogP contribution < -0.4 is 5.32 Å². The number of nitrogens with zero attached hydrogens (tertiary/aromatic N) is 5. The van der Waals surface area contributed by atoms with Gasteiger partial charge in [0.25, 0.3) is 11.8 Å². The second-order valence-electron chi connectivity index (χ2n) is 8.78. The maximum atomic E-state index is 13.5.